The van der Waals surface area contributed by atoms with E-state index in [1.807, 2.05) is 19.1 Å². The van der Waals surface area contributed by atoms with Crippen LogP contribution in [0.5, 0.6) is 0 Å². The Kier molecular flexibility index (Phi) is 4.68. The van der Waals surface area contributed by atoms with Crippen LogP contribution in [0.15, 0.2) is 36.4 Å². The van der Waals surface area contributed by atoms with Crippen molar-refractivity contribution in [1.29, 1.82) is 0 Å². The number of hydrogen-bond donors (Lipinski definition) is 2. The van der Waals surface area contributed by atoms with Crippen LogP contribution in [0, 0.1) is 6.92 Å². The zero-order valence-corrected chi connectivity index (χ0v) is 15.8. The summed E-state index contributed by atoms with van der Waals surface area (Å²) in [6, 6.07) is 8.35. The summed E-state index contributed by atoms with van der Waals surface area (Å²) in [6.45, 7) is 1.88. The van der Waals surface area contributed by atoms with Crippen LogP contribution in [0.4, 0.5) is 26.3 Å². The molecule has 0 unspecified atom stereocenters. The molecule has 0 aliphatic heterocycles. The van der Waals surface area contributed by atoms with Gasteiger partial charge in [-0.2, -0.15) is 36.5 Å². The molecule has 0 radical (unpaired) electrons. The van der Waals surface area contributed by atoms with E-state index in [0.717, 1.165) is 21.9 Å². The third-order valence-corrected chi connectivity index (χ3v) is 5.19. The summed E-state index contributed by atoms with van der Waals surface area (Å²) in [5.74, 6) is 0. The van der Waals surface area contributed by atoms with Gasteiger partial charge in [0.2, 0.25) is 0 Å². The fourth-order valence-corrected chi connectivity index (χ4v) is 3.59. The second kappa shape index (κ2) is 6.97. The van der Waals surface area contributed by atoms with Gasteiger partial charge in [-0.25, -0.2) is 4.98 Å². The number of aromatic amines is 2. The first-order valence-corrected chi connectivity index (χ1v) is 9.17. The summed E-state index contributed by atoms with van der Waals surface area (Å²) in [7, 11) is 0. The monoisotopic (exact) mass is 443 g/mol. The summed E-state index contributed by atoms with van der Waals surface area (Å²) >= 11 is 1.43. The van der Waals surface area contributed by atoms with Crippen LogP contribution in [0.1, 0.15) is 16.3 Å². The molecule has 0 aliphatic carbocycles. The van der Waals surface area contributed by atoms with Gasteiger partial charge in [0.1, 0.15) is 0 Å². The molecule has 0 aliphatic rings. The maximum atomic E-state index is 12.9. The Morgan fingerprint density at radius 3 is 1.63 bits per heavy atom. The number of nitrogens with one attached hydrogen (secondary N) is 2. The number of halogens is 6. The van der Waals surface area contributed by atoms with E-state index in [0.29, 0.717) is 5.56 Å². The van der Waals surface area contributed by atoms with Gasteiger partial charge < -0.3 is 0 Å². The van der Waals surface area contributed by atoms with Gasteiger partial charge in [0.15, 0.2) is 11.4 Å². The van der Waals surface area contributed by atoms with Crippen molar-refractivity contribution in [3.05, 3.63) is 52.7 Å². The lowest BCUT2D eigenvalue weighted by Gasteiger charge is -2.06. The number of thiophene rings is 1. The van der Waals surface area contributed by atoms with Gasteiger partial charge in [0.25, 0.3) is 0 Å². The third-order valence-electron chi connectivity index (χ3n) is 4.14. The van der Waals surface area contributed by atoms with E-state index in [4.69, 9.17) is 0 Å². The van der Waals surface area contributed by atoms with Gasteiger partial charge in [0.05, 0.1) is 22.8 Å². The van der Waals surface area contributed by atoms with Crippen LogP contribution < -0.4 is 0 Å². The lowest BCUT2D eigenvalue weighted by molar-refractivity contribution is -0.142. The first-order valence-electron chi connectivity index (χ1n) is 8.35. The predicted molar refractivity (Wildman–Crippen MR) is 97.5 cm³/mol. The highest BCUT2D eigenvalue weighted by atomic mass is 32.1. The number of rotatable bonds is 3. The lowest BCUT2D eigenvalue weighted by Crippen LogP contribution is -2.04. The van der Waals surface area contributed by atoms with Gasteiger partial charge >= 0.3 is 12.4 Å². The standard InChI is InChI=1S/C18H11F6N5S/c1-8-2-3-14(30-8)9-4-10(12-6-15(28-26-12)17(19,20)21)25-11(5-9)13-7-16(29-27-13)18(22,23)24/h2-7H,1H3,(H,26,28)(H,27,29). The van der Waals surface area contributed by atoms with E-state index in [9.17, 15) is 26.3 Å². The zero-order chi connectivity index (χ0) is 21.7. The van der Waals surface area contributed by atoms with Crippen LogP contribution >= 0.6 is 11.3 Å². The average Bonchev–Trinajstić information content (AvgIpc) is 3.40. The highest BCUT2D eigenvalue weighted by Crippen LogP contribution is 2.36. The quantitative estimate of drug-likeness (QED) is 0.385. The second-order valence-electron chi connectivity index (χ2n) is 6.37. The van der Waals surface area contributed by atoms with Crippen molar-refractivity contribution < 1.29 is 26.3 Å². The molecule has 4 aromatic heterocycles. The van der Waals surface area contributed by atoms with Crippen molar-refractivity contribution in [2.45, 2.75) is 19.3 Å². The average molecular weight is 443 g/mol. The molecule has 156 valence electrons. The minimum atomic E-state index is -4.65. The SMILES string of the molecule is Cc1ccc(-c2cc(-c3cc(C(F)(F)F)n[nH]3)nc(-c3cc(C(F)(F)F)n[nH]3)c2)s1. The molecule has 0 amide bonds. The number of nitrogens with zero attached hydrogens (tertiary/aromatic N) is 3. The van der Waals surface area contributed by atoms with Gasteiger partial charge in [-0.05, 0) is 48.9 Å². The molecule has 0 spiro atoms. The Morgan fingerprint density at radius 1 is 0.767 bits per heavy atom. The summed E-state index contributed by atoms with van der Waals surface area (Å²) in [6.07, 6.45) is -9.30. The third kappa shape index (κ3) is 3.95. The Morgan fingerprint density at radius 2 is 1.27 bits per heavy atom. The van der Waals surface area contributed by atoms with E-state index >= 15 is 0 Å². The first kappa shape index (κ1) is 20.1. The summed E-state index contributed by atoms with van der Waals surface area (Å²) in [5.41, 5.74) is -1.51. The number of H-pyrrole nitrogens is 2. The number of alkyl halides is 6. The van der Waals surface area contributed by atoms with Crippen LogP contribution in [0.2, 0.25) is 0 Å². The first-order chi connectivity index (χ1) is 14.0. The topological polar surface area (TPSA) is 70.2 Å². The molecule has 0 saturated carbocycles. The molecule has 0 atom stereocenters. The minimum Gasteiger partial charge on any atom is -0.276 e. The summed E-state index contributed by atoms with van der Waals surface area (Å²) < 4.78 is 77.4. The molecule has 0 aromatic carbocycles. The normalized spacial score (nSPS) is 12.5. The maximum absolute atomic E-state index is 12.9. The van der Waals surface area contributed by atoms with Gasteiger partial charge in [-0.1, -0.05) is 0 Å². The van der Waals surface area contributed by atoms with Gasteiger partial charge in [0, 0.05) is 9.75 Å². The van der Waals surface area contributed by atoms with Crippen molar-refractivity contribution in [3.63, 3.8) is 0 Å². The molecule has 4 rings (SSSR count). The fraction of sp³-hybridized carbons (Fsp3) is 0.167. The van der Waals surface area contributed by atoms with Gasteiger partial charge in [-0.15, -0.1) is 11.3 Å². The van der Waals surface area contributed by atoms with E-state index in [2.05, 4.69) is 25.4 Å². The van der Waals surface area contributed by atoms with Crippen molar-refractivity contribution >= 4 is 11.3 Å². The number of hydrogen-bond acceptors (Lipinski definition) is 4. The molecule has 4 aromatic rings. The molecule has 4 heterocycles. The van der Waals surface area contributed by atoms with Crippen LogP contribution in [-0.4, -0.2) is 25.4 Å². The van der Waals surface area contributed by atoms with Crippen LogP contribution in [0.25, 0.3) is 33.2 Å². The Bertz CT molecular complexity index is 1130. The van der Waals surface area contributed by atoms with E-state index < -0.39 is 23.7 Å². The van der Waals surface area contributed by atoms with Crippen molar-refractivity contribution in [1.82, 2.24) is 25.4 Å². The van der Waals surface area contributed by atoms with Gasteiger partial charge in [-0.3, -0.25) is 10.2 Å². The molecule has 12 heteroatoms. The van der Waals surface area contributed by atoms with E-state index in [-0.39, 0.29) is 22.8 Å². The number of pyridine rings is 1. The molecule has 30 heavy (non-hydrogen) atoms. The predicted octanol–water partition coefficient (Wildman–Crippen LogP) is 5.94. The van der Waals surface area contributed by atoms with Crippen molar-refractivity contribution in [2.75, 3.05) is 0 Å². The van der Waals surface area contributed by atoms with E-state index in [1.165, 1.54) is 11.3 Å². The molecular formula is C18H11F6N5S. The summed E-state index contributed by atoms with van der Waals surface area (Å²) in [5, 5.41) is 11.1. The van der Waals surface area contributed by atoms with Crippen molar-refractivity contribution in [2.24, 2.45) is 0 Å². The number of aryl methyl sites for hydroxylation is 1. The molecule has 0 saturated heterocycles. The lowest BCUT2D eigenvalue weighted by atomic mass is 10.1. The highest BCUT2D eigenvalue weighted by Gasteiger charge is 2.35. The smallest absolute Gasteiger partial charge is 0.276 e. The zero-order valence-electron chi connectivity index (χ0n) is 15.0. The Labute approximate surface area is 168 Å². The van der Waals surface area contributed by atoms with E-state index in [1.54, 1.807) is 12.1 Å². The fourth-order valence-electron chi connectivity index (χ4n) is 2.73. The number of aromatic nitrogens is 5. The highest BCUT2D eigenvalue weighted by molar-refractivity contribution is 7.15. The summed E-state index contributed by atoms with van der Waals surface area (Å²) in [4.78, 5) is 6.00. The Hall–Kier alpha value is -3.15. The maximum Gasteiger partial charge on any atom is 0.435 e. The van der Waals surface area contributed by atoms with Crippen molar-refractivity contribution in [3.8, 4) is 33.2 Å². The molecule has 2 N–H and O–H groups in total. The van der Waals surface area contributed by atoms with Crippen LogP contribution in [-0.2, 0) is 12.4 Å². The second-order valence-corrected chi connectivity index (χ2v) is 7.65. The minimum absolute atomic E-state index is 0.0192. The Balaban J connectivity index is 1.85. The molecule has 5 nitrogen and oxygen atoms in total. The molecule has 0 fully saturated rings. The van der Waals surface area contributed by atoms with Crippen LogP contribution in [0.3, 0.4) is 0 Å². The molecular weight excluding hydrogens is 432 g/mol. The molecule has 0 bridgehead atoms. The largest absolute Gasteiger partial charge is 0.435 e.